The van der Waals surface area contributed by atoms with E-state index in [1.807, 2.05) is 30.3 Å². The van der Waals surface area contributed by atoms with Gasteiger partial charge in [-0.1, -0.05) is 24.3 Å². The van der Waals surface area contributed by atoms with E-state index in [1.54, 1.807) is 18.3 Å². The third-order valence-corrected chi connectivity index (χ3v) is 3.60. The lowest BCUT2D eigenvalue weighted by molar-refractivity contribution is 0.101. The molecule has 1 aliphatic heterocycles. The van der Waals surface area contributed by atoms with Crippen LogP contribution in [0.15, 0.2) is 60.5 Å². The Balaban J connectivity index is 1.82. The Labute approximate surface area is 126 Å². The number of pyridine rings is 1. The number of aromatic nitrogens is 1. The Morgan fingerprint density at radius 2 is 1.95 bits per heavy atom. The third kappa shape index (κ3) is 1.93. The van der Waals surface area contributed by atoms with E-state index in [0.29, 0.717) is 11.3 Å². The number of ketones is 1. The molecule has 3 aromatic rings. The SMILES string of the molecule is O=C1/C(=C/c2cccc3cccnc23)Oc2cc(O)ccc21. The van der Waals surface area contributed by atoms with Crippen molar-refractivity contribution < 1.29 is 14.6 Å². The molecule has 0 radical (unpaired) electrons. The zero-order valence-electron chi connectivity index (χ0n) is 11.5. The van der Waals surface area contributed by atoms with Crippen LogP contribution >= 0.6 is 0 Å². The average Bonchev–Trinajstić information content (AvgIpc) is 2.83. The van der Waals surface area contributed by atoms with E-state index < -0.39 is 0 Å². The number of aromatic hydroxyl groups is 1. The Hall–Kier alpha value is -3.14. The van der Waals surface area contributed by atoms with Crippen LogP contribution in [0.2, 0.25) is 0 Å². The molecule has 1 aliphatic rings. The van der Waals surface area contributed by atoms with Gasteiger partial charge >= 0.3 is 0 Å². The monoisotopic (exact) mass is 289 g/mol. The van der Waals surface area contributed by atoms with Crippen LogP contribution in [0.25, 0.3) is 17.0 Å². The summed E-state index contributed by atoms with van der Waals surface area (Å²) < 4.78 is 5.58. The lowest BCUT2D eigenvalue weighted by Gasteiger charge is -2.02. The molecule has 0 spiro atoms. The molecule has 0 atom stereocenters. The van der Waals surface area contributed by atoms with E-state index >= 15 is 0 Å². The molecule has 106 valence electrons. The molecular weight excluding hydrogens is 278 g/mol. The van der Waals surface area contributed by atoms with Crippen molar-refractivity contribution in [2.24, 2.45) is 0 Å². The standard InChI is InChI=1S/C18H11NO3/c20-13-6-7-14-15(10-13)22-16(18(14)21)9-12-4-1-3-11-5-2-8-19-17(11)12/h1-10,20H/b16-9-. The van der Waals surface area contributed by atoms with Crippen molar-refractivity contribution >= 4 is 22.8 Å². The van der Waals surface area contributed by atoms with Crippen molar-refractivity contribution in [3.63, 3.8) is 0 Å². The van der Waals surface area contributed by atoms with E-state index in [9.17, 15) is 9.90 Å². The van der Waals surface area contributed by atoms with Crippen LogP contribution in [0, 0.1) is 0 Å². The van der Waals surface area contributed by atoms with Gasteiger partial charge in [-0.2, -0.15) is 0 Å². The number of carbonyl (C=O) groups is 1. The van der Waals surface area contributed by atoms with Gasteiger partial charge in [0.2, 0.25) is 5.78 Å². The molecule has 1 aromatic heterocycles. The van der Waals surface area contributed by atoms with Crippen LogP contribution in [0.3, 0.4) is 0 Å². The van der Waals surface area contributed by atoms with Crippen LogP contribution < -0.4 is 4.74 Å². The normalized spacial score (nSPS) is 15.1. The highest BCUT2D eigenvalue weighted by Gasteiger charge is 2.27. The summed E-state index contributed by atoms with van der Waals surface area (Å²) >= 11 is 0. The first-order valence-electron chi connectivity index (χ1n) is 6.83. The van der Waals surface area contributed by atoms with E-state index in [1.165, 1.54) is 12.1 Å². The second-order valence-corrected chi connectivity index (χ2v) is 5.04. The highest BCUT2D eigenvalue weighted by atomic mass is 16.5. The molecule has 0 saturated heterocycles. The smallest absolute Gasteiger partial charge is 0.231 e. The zero-order valence-corrected chi connectivity index (χ0v) is 11.5. The Bertz CT molecular complexity index is 939. The first kappa shape index (κ1) is 12.6. The second kappa shape index (κ2) is 4.70. The van der Waals surface area contributed by atoms with Gasteiger partial charge < -0.3 is 9.84 Å². The first-order valence-corrected chi connectivity index (χ1v) is 6.83. The Morgan fingerprint density at radius 1 is 1.09 bits per heavy atom. The number of allylic oxidation sites excluding steroid dienone is 1. The summed E-state index contributed by atoms with van der Waals surface area (Å²) in [7, 11) is 0. The fraction of sp³-hybridized carbons (Fsp3) is 0. The molecule has 2 heterocycles. The Morgan fingerprint density at radius 3 is 2.86 bits per heavy atom. The molecule has 0 saturated carbocycles. The summed E-state index contributed by atoms with van der Waals surface area (Å²) in [5.41, 5.74) is 2.09. The topological polar surface area (TPSA) is 59.4 Å². The molecule has 0 unspecified atom stereocenters. The maximum absolute atomic E-state index is 12.4. The largest absolute Gasteiger partial charge is 0.508 e. The van der Waals surface area contributed by atoms with Gasteiger partial charge in [-0.3, -0.25) is 9.78 Å². The molecule has 0 amide bonds. The van der Waals surface area contributed by atoms with Gasteiger partial charge in [0.05, 0.1) is 11.1 Å². The second-order valence-electron chi connectivity index (χ2n) is 5.04. The minimum Gasteiger partial charge on any atom is -0.508 e. The van der Waals surface area contributed by atoms with E-state index in [0.717, 1.165) is 16.5 Å². The van der Waals surface area contributed by atoms with Gasteiger partial charge in [-0.25, -0.2) is 0 Å². The first-order chi connectivity index (χ1) is 10.7. The molecule has 1 N–H and O–H groups in total. The van der Waals surface area contributed by atoms with Crippen molar-refractivity contribution in [3.8, 4) is 11.5 Å². The van der Waals surface area contributed by atoms with Crippen LogP contribution in [-0.4, -0.2) is 15.9 Å². The van der Waals surface area contributed by atoms with Gasteiger partial charge in [-0.05, 0) is 24.3 Å². The van der Waals surface area contributed by atoms with E-state index in [-0.39, 0.29) is 17.3 Å². The molecule has 0 fully saturated rings. The number of fused-ring (bicyclic) bond motifs is 2. The number of phenolic OH excluding ortho intramolecular Hbond substituents is 1. The lowest BCUT2D eigenvalue weighted by atomic mass is 10.1. The molecule has 4 nitrogen and oxygen atoms in total. The summed E-state index contributed by atoms with van der Waals surface area (Å²) in [5, 5.41) is 10.5. The van der Waals surface area contributed by atoms with Gasteiger partial charge in [0.25, 0.3) is 0 Å². The summed E-state index contributed by atoms with van der Waals surface area (Å²) in [6.45, 7) is 0. The van der Waals surface area contributed by atoms with Crippen molar-refractivity contribution in [3.05, 3.63) is 71.6 Å². The highest BCUT2D eigenvalue weighted by Crippen LogP contribution is 2.34. The molecule has 4 rings (SSSR count). The summed E-state index contributed by atoms with van der Waals surface area (Å²) in [5.74, 6) is 0.491. The minimum atomic E-state index is -0.192. The van der Waals surface area contributed by atoms with Gasteiger partial charge in [0.15, 0.2) is 5.76 Å². The number of hydrogen-bond acceptors (Lipinski definition) is 4. The summed E-state index contributed by atoms with van der Waals surface area (Å²) in [6, 6.07) is 14.1. The number of Topliss-reactive ketones (excluding diaryl/α,β-unsaturated/α-hetero) is 1. The van der Waals surface area contributed by atoms with Gasteiger partial charge in [-0.15, -0.1) is 0 Å². The number of phenols is 1. The highest BCUT2D eigenvalue weighted by molar-refractivity contribution is 6.15. The number of benzene rings is 2. The molecule has 2 aromatic carbocycles. The van der Waals surface area contributed by atoms with Crippen molar-refractivity contribution in [2.45, 2.75) is 0 Å². The van der Waals surface area contributed by atoms with E-state index in [4.69, 9.17) is 4.74 Å². The summed E-state index contributed by atoms with van der Waals surface area (Å²) in [4.78, 5) is 16.7. The maximum Gasteiger partial charge on any atom is 0.231 e. The zero-order chi connectivity index (χ0) is 15.1. The predicted molar refractivity (Wildman–Crippen MR) is 82.8 cm³/mol. The average molecular weight is 289 g/mol. The quantitative estimate of drug-likeness (QED) is 0.696. The fourth-order valence-corrected chi connectivity index (χ4v) is 2.56. The number of nitrogens with zero attached hydrogens (tertiary/aromatic N) is 1. The number of rotatable bonds is 1. The lowest BCUT2D eigenvalue weighted by Crippen LogP contribution is -1.98. The molecule has 4 heteroatoms. The number of carbonyl (C=O) groups excluding carboxylic acids is 1. The number of hydrogen-bond donors (Lipinski definition) is 1. The van der Waals surface area contributed by atoms with Crippen LogP contribution in [0.1, 0.15) is 15.9 Å². The molecular formula is C18H11NO3. The Kier molecular flexibility index (Phi) is 2.69. The number of para-hydroxylation sites is 1. The van der Waals surface area contributed by atoms with Crippen LogP contribution in [0.4, 0.5) is 0 Å². The molecule has 22 heavy (non-hydrogen) atoms. The van der Waals surface area contributed by atoms with Crippen LogP contribution in [-0.2, 0) is 0 Å². The van der Waals surface area contributed by atoms with Crippen molar-refractivity contribution in [1.82, 2.24) is 4.98 Å². The predicted octanol–water partition coefficient (Wildman–Crippen LogP) is 3.56. The van der Waals surface area contributed by atoms with Crippen LogP contribution in [0.5, 0.6) is 11.5 Å². The van der Waals surface area contributed by atoms with Crippen molar-refractivity contribution in [1.29, 1.82) is 0 Å². The third-order valence-electron chi connectivity index (χ3n) is 3.60. The fourth-order valence-electron chi connectivity index (χ4n) is 2.56. The molecule has 0 aliphatic carbocycles. The maximum atomic E-state index is 12.4. The van der Waals surface area contributed by atoms with Gasteiger partial charge in [0, 0.05) is 23.2 Å². The number of ether oxygens (including phenoxy) is 1. The molecule has 0 bridgehead atoms. The van der Waals surface area contributed by atoms with Gasteiger partial charge in [0.1, 0.15) is 11.5 Å². The van der Waals surface area contributed by atoms with Crippen molar-refractivity contribution in [2.75, 3.05) is 0 Å². The minimum absolute atomic E-state index is 0.0691. The summed E-state index contributed by atoms with van der Waals surface area (Å²) in [6.07, 6.45) is 3.41. The van der Waals surface area contributed by atoms with E-state index in [2.05, 4.69) is 4.98 Å².